The van der Waals surface area contributed by atoms with E-state index in [2.05, 4.69) is 15.0 Å². The van der Waals surface area contributed by atoms with Gasteiger partial charge in [0.15, 0.2) is 0 Å². The van der Waals surface area contributed by atoms with Crippen molar-refractivity contribution in [2.24, 2.45) is 5.92 Å². The van der Waals surface area contributed by atoms with Crippen molar-refractivity contribution >= 4 is 23.0 Å². The first-order chi connectivity index (χ1) is 12.7. The van der Waals surface area contributed by atoms with Crippen molar-refractivity contribution in [3.05, 3.63) is 24.3 Å². The number of ether oxygens (including phenoxy) is 1. The van der Waals surface area contributed by atoms with Crippen LogP contribution in [0.4, 0.5) is 4.79 Å². The standard InChI is InChI=1S/C18H23N5O3/c1-26-18(25)22-7-3-12(4-8-22)17(24)23-9-5-13(11-23)16-20-14-2-6-19-10-15(14)21-16/h2,6,10,12-13H,3-5,7-9,11H2,1H3,(H,20,21). The van der Waals surface area contributed by atoms with Gasteiger partial charge in [-0.3, -0.25) is 9.78 Å². The summed E-state index contributed by atoms with van der Waals surface area (Å²) < 4.78 is 4.75. The van der Waals surface area contributed by atoms with E-state index in [4.69, 9.17) is 4.74 Å². The van der Waals surface area contributed by atoms with Gasteiger partial charge in [-0.1, -0.05) is 0 Å². The Kier molecular flexibility index (Phi) is 4.48. The van der Waals surface area contributed by atoms with Crippen LogP contribution in [0.15, 0.2) is 18.5 Å². The summed E-state index contributed by atoms with van der Waals surface area (Å²) in [5, 5.41) is 0. The number of fused-ring (bicyclic) bond motifs is 1. The molecule has 0 bridgehead atoms. The molecule has 0 radical (unpaired) electrons. The van der Waals surface area contributed by atoms with Crippen LogP contribution in [-0.2, 0) is 9.53 Å². The molecular weight excluding hydrogens is 334 g/mol. The van der Waals surface area contributed by atoms with Crippen LogP contribution in [0.3, 0.4) is 0 Å². The maximum Gasteiger partial charge on any atom is 0.409 e. The molecule has 2 aliphatic heterocycles. The Hall–Kier alpha value is -2.64. The van der Waals surface area contributed by atoms with Gasteiger partial charge in [-0.2, -0.15) is 0 Å². The largest absolute Gasteiger partial charge is 0.453 e. The number of rotatable bonds is 2. The van der Waals surface area contributed by atoms with E-state index in [-0.39, 0.29) is 23.8 Å². The summed E-state index contributed by atoms with van der Waals surface area (Å²) in [5.41, 5.74) is 1.84. The molecule has 1 N–H and O–H groups in total. The van der Waals surface area contributed by atoms with Crippen LogP contribution in [0.1, 0.15) is 31.0 Å². The third-order valence-electron chi connectivity index (χ3n) is 5.47. The molecule has 4 rings (SSSR count). The Morgan fingerprint density at radius 3 is 2.69 bits per heavy atom. The maximum absolute atomic E-state index is 12.8. The van der Waals surface area contributed by atoms with Crippen molar-refractivity contribution in [2.45, 2.75) is 25.2 Å². The molecule has 8 heteroatoms. The number of aromatic nitrogens is 3. The van der Waals surface area contributed by atoms with Gasteiger partial charge < -0.3 is 19.5 Å². The van der Waals surface area contributed by atoms with Crippen molar-refractivity contribution in [3.8, 4) is 0 Å². The number of pyridine rings is 1. The molecule has 2 amide bonds. The second-order valence-electron chi connectivity index (χ2n) is 7.02. The summed E-state index contributed by atoms with van der Waals surface area (Å²) in [5.74, 6) is 1.37. The minimum atomic E-state index is -0.309. The normalized spacial score (nSPS) is 21.3. The van der Waals surface area contributed by atoms with E-state index in [1.54, 1.807) is 17.3 Å². The maximum atomic E-state index is 12.8. The number of amides is 2. The van der Waals surface area contributed by atoms with Gasteiger partial charge in [0.05, 0.1) is 24.3 Å². The monoisotopic (exact) mass is 357 g/mol. The molecule has 0 saturated carbocycles. The van der Waals surface area contributed by atoms with Crippen molar-refractivity contribution in [2.75, 3.05) is 33.3 Å². The molecule has 2 saturated heterocycles. The van der Waals surface area contributed by atoms with Gasteiger partial charge in [0, 0.05) is 44.2 Å². The Morgan fingerprint density at radius 1 is 1.19 bits per heavy atom. The van der Waals surface area contributed by atoms with Crippen LogP contribution in [0.5, 0.6) is 0 Å². The van der Waals surface area contributed by atoms with E-state index in [9.17, 15) is 9.59 Å². The number of hydrogen-bond donors (Lipinski definition) is 1. The van der Waals surface area contributed by atoms with Crippen molar-refractivity contribution < 1.29 is 14.3 Å². The van der Waals surface area contributed by atoms with Gasteiger partial charge in [0.2, 0.25) is 5.91 Å². The van der Waals surface area contributed by atoms with Crippen molar-refractivity contribution in [3.63, 3.8) is 0 Å². The van der Waals surface area contributed by atoms with Crippen LogP contribution in [0.2, 0.25) is 0 Å². The van der Waals surface area contributed by atoms with Gasteiger partial charge in [-0.05, 0) is 25.3 Å². The first-order valence-corrected chi connectivity index (χ1v) is 9.07. The quantitative estimate of drug-likeness (QED) is 0.884. The average Bonchev–Trinajstić information content (AvgIpc) is 3.33. The molecular formula is C18H23N5O3. The third-order valence-corrected chi connectivity index (χ3v) is 5.47. The molecule has 0 spiro atoms. The number of methoxy groups -OCH3 is 1. The molecule has 26 heavy (non-hydrogen) atoms. The lowest BCUT2D eigenvalue weighted by atomic mass is 9.95. The lowest BCUT2D eigenvalue weighted by Gasteiger charge is -2.32. The van der Waals surface area contributed by atoms with E-state index < -0.39 is 0 Å². The second kappa shape index (κ2) is 6.93. The molecule has 1 unspecified atom stereocenters. The van der Waals surface area contributed by atoms with Gasteiger partial charge in [-0.15, -0.1) is 0 Å². The Labute approximate surface area is 151 Å². The van der Waals surface area contributed by atoms with Crippen LogP contribution in [-0.4, -0.2) is 70.0 Å². The Morgan fingerprint density at radius 2 is 1.96 bits per heavy atom. The van der Waals surface area contributed by atoms with E-state index in [1.165, 1.54) is 7.11 Å². The Bertz CT molecular complexity index is 779. The highest BCUT2D eigenvalue weighted by Gasteiger charge is 2.35. The molecule has 4 heterocycles. The third kappa shape index (κ3) is 3.11. The number of piperidine rings is 1. The fourth-order valence-electron chi connectivity index (χ4n) is 3.95. The van der Waals surface area contributed by atoms with Gasteiger partial charge >= 0.3 is 6.09 Å². The summed E-state index contributed by atoms with van der Waals surface area (Å²) in [6.07, 6.45) is 5.52. The first-order valence-electron chi connectivity index (χ1n) is 9.07. The number of likely N-dealkylation sites (tertiary alicyclic amines) is 2. The molecule has 2 aliphatic rings. The Balaban J connectivity index is 1.36. The molecule has 2 fully saturated rings. The molecule has 0 aromatic carbocycles. The summed E-state index contributed by atoms with van der Waals surface area (Å²) in [6.45, 7) is 2.62. The summed E-state index contributed by atoms with van der Waals surface area (Å²) in [6, 6.07) is 1.89. The molecule has 1 atom stereocenters. The molecule has 138 valence electrons. The van der Waals surface area contributed by atoms with Crippen LogP contribution < -0.4 is 0 Å². The number of nitrogens with one attached hydrogen (secondary N) is 1. The summed E-state index contributed by atoms with van der Waals surface area (Å²) >= 11 is 0. The highest BCUT2D eigenvalue weighted by atomic mass is 16.5. The molecule has 0 aliphatic carbocycles. The van der Waals surface area contributed by atoms with Crippen LogP contribution in [0, 0.1) is 5.92 Å². The number of aromatic amines is 1. The zero-order valence-corrected chi connectivity index (χ0v) is 14.9. The van der Waals surface area contributed by atoms with Crippen LogP contribution >= 0.6 is 0 Å². The fraction of sp³-hybridized carbons (Fsp3) is 0.556. The number of imidazole rings is 1. The van der Waals surface area contributed by atoms with Crippen molar-refractivity contribution in [1.82, 2.24) is 24.8 Å². The SMILES string of the molecule is COC(=O)N1CCC(C(=O)N2CCC(c3nc4ccncc4[nH]3)C2)CC1. The minimum Gasteiger partial charge on any atom is -0.453 e. The summed E-state index contributed by atoms with van der Waals surface area (Å²) in [4.78, 5) is 40.1. The smallest absolute Gasteiger partial charge is 0.409 e. The zero-order chi connectivity index (χ0) is 18.1. The highest BCUT2D eigenvalue weighted by molar-refractivity contribution is 5.80. The lowest BCUT2D eigenvalue weighted by molar-refractivity contribution is -0.135. The van der Waals surface area contributed by atoms with E-state index in [0.29, 0.717) is 32.5 Å². The zero-order valence-electron chi connectivity index (χ0n) is 14.9. The van der Waals surface area contributed by atoms with Gasteiger partial charge in [0.1, 0.15) is 5.82 Å². The fourth-order valence-corrected chi connectivity index (χ4v) is 3.95. The van der Waals surface area contributed by atoms with Crippen LogP contribution in [0.25, 0.3) is 11.0 Å². The number of H-pyrrole nitrogens is 1. The lowest BCUT2D eigenvalue weighted by Crippen LogP contribution is -2.43. The van der Waals surface area contributed by atoms with Gasteiger partial charge in [-0.25, -0.2) is 9.78 Å². The molecule has 8 nitrogen and oxygen atoms in total. The second-order valence-corrected chi connectivity index (χ2v) is 7.02. The van der Waals surface area contributed by atoms with Crippen molar-refractivity contribution in [1.29, 1.82) is 0 Å². The summed E-state index contributed by atoms with van der Waals surface area (Å²) in [7, 11) is 1.39. The predicted molar refractivity (Wildman–Crippen MR) is 94.5 cm³/mol. The number of nitrogens with zero attached hydrogens (tertiary/aromatic N) is 4. The number of carbonyl (C=O) groups excluding carboxylic acids is 2. The van der Waals surface area contributed by atoms with Gasteiger partial charge in [0.25, 0.3) is 0 Å². The van der Waals surface area contributed by atoms with E-state index >= 15 is 0 Å². The topological polar surface area (TPSA) is 91.4 Å². The first kappa shape index (κ1) is 16.8. The highest BCUT2D eigenvalue weighted by Crippen LogP contribution is 2.29. The van der Waals surface area contributed by atoms with E-state index in [0.717, 1.165) is 29.8 Å². The minimum absolute atomic E-state index is 0.00507. The molecule has 2 aromatic heterocycles. The van der Waals surface area contributed by atoms with E-state index in [1.807, 2.05) is 11.0 Å². The number of carbonyl (C=O) groups is 2. The average molecular weight is 357 g/mol. The molecule has 2 aromatic rings. The predicted octanol–water partition coefficient (Wildman–Crippen LogP) is 1.75. The number of hydrogen-bond acceptors (Lipinski definition) is 5.